The number of benzene rings is 1. The summed E-state index contributed by atoms with van der Waals surface area (Å²) in [6.45, 7) is 0.424. The molecule has 0 saturated carbocycles. The Kier molecular flexibility index (Phi) is 2.57. The van der Waals surface area contributed by atoms with Crippen LogP contribution >= 0.6 is 0 Å². The molecule has 0 aliphatic rings. The zero-order chi connectivity index (χ0) is 12.5. The Hall–Kier alpha value is -2.20. The lowest BCUT2D eigenvalue weighted by molar-refractivity contribution is 0.628. The highest BCUT2D eigenvalue weighted by atomic mass is 19.1. The maximum Gasteiger partial charge on any atom is 0.123 e. The Morgan fingerprint density at radius 1 is 1.11 bits per heavy atom. The summed E-state index contributed by atoms with van der Waals surface area (Å²) in [6.07, 6.45) is 3.71. The van der Waals surface area contributed by atoms with Crippen molar-refractivity contribution in [3.63, 3.8) is 0 Å². The van der Waals surface area contributed by atoms with Crippen LogP contribution < -0.4 is 5.73 Å². The highest BCUT2D eigenvalue weighted by Crippen LogP contribution is 2.22. The van der Waals surface area contributed by atoms with Gasteiger partial charge in [-0.2, -0.15) is 0 Å². The fraction of sp³-hybridized carbons (Fsp3) is 0.0714. The summed E-state index contributed by atoms with van der Waals surface area (Å²) in [6, 6.07) is 10.4. The van der Waals surface area contributed by atoms with Crippen LogP contribution in [-0.2, 0) is 6.54 Å². The average molecular weight is 241 g/mol. The van der Waals surface area contributed by atoms with Crippen molar-refractivity contribution in [1.29, 1.82) is 0 Å². The topological polar surface area (TPSA) is 43.3 Å². The molecule has 3 aromatic rings. The lowest BCUT2D eigenvalue weighted by atomic mass is 10.1. The van der Waals surface area contributed by atoms with Gasteiger partial charge in [0.05, 0.1) is 12.0 Å². The van der Waals surface area contributed by atoms with E-state index in [-0.39, 0.29) is 5.82 Å². The maximum absolute atomic E-state index is 12.9. The Bertz CT molecular complexity index is 686. The predicted molar refractivity (Wildman–Crippen MR) is 68.5 cm³/mol. The second-order valence-corrected chi connectivity index (χ2v) is 4.15. The van der Waals surface area contributed by atoms with Gasteiger partial charge in [-0.25, -0.2) is 9.37 Å². The molecule has 0 saturated heterocycles. The minimum atomic E-state index is -0.227. The minimum absolute atomic E-state index is 0.227. The van der Waals surface area contributed by atoms with Gasteiger partial charge in [-0.1, -0.05) is 12.1 Å². The number of rotatable bonds is 2. The normalized spacial score (nSPS) is 11.0. The van der Waals surface area contributed by atoms with Crippen molar-refractivity contribution in [2.75, 3.05) is 0 Å². The number of fused-ring (bicyclic) bond motifs is 1. The third-order valence-electron chi connectivity index (χ3n) is 2.93. The summed E-state index contributed by atoms with van der Waals surface area (Å²) in [4.78, 5) is 4.22. The van der Waals surface area contributed by atoms with E-state index in [2.05, 4.69) is 4.98 Å². The van der Waals surface area contributed by atoms with Crippen LogP contribution in [0.4, 0.5) is 4.39 Å². The SMILES string of the molecule is NCc1cc2cc(-c3ccc(F)cc3)cn2cn1. The quantitative estimate of drug-likeness (QED) is 0.749. The fourth-order valence-electron chi connectivity index (χ4n) is 1.97. The minimum Gasteiger partial charge on any atom is -0.325 e. The van der Waals surface area contributed by atoms with Gasteiger partial charge in [0.15, 0.2) is 0 Å². The molecule has 90 valence electrons. The average Bonchev–Trinajstić information content (AvgIpc) is 2.82. The lowest BCUT2D eigenvalue weighted by Crippen LogP contribution is -2.00. The van der Waals surface area contributed by atoms with Crippen molar-refractivity contribution in [3.05, 3.63) is 60.4 Å². The van der Waals surface area contributed by atoms with Crippen molar-refractivity contribution in [2.45, 2.75) is 6.54 Å². The summed E-state index contributed by atoms with van der Waals surface area (Å²) in [5.41, 5.74) is 9.46. The molecule has 3 rings (SSSR count). The zero-order valence-electron chi connectivity index (χ0n) is 9.68. The number of hydrogen-bond acceptors (Lipinski definition) is 2. The van der Waals surface area contributed by atoms with Crippen molar-refractivity contribution in [1.82, 2.24) is 9.38 Å². The lowest BCUT2D eigenvalue weighted by Gasteiger charge is -1.96. The van der Waals surface area contributed by atoms with Gasteiger partial charge in [0, 0.05) is 23.8 Å². The molecular formula is C14H12FN3. The first-order valence-electron chi connectivity index (χ1n) is 5.69. The van der Waals surface area contributed by atoms with Crippen molar-refractivity contribution in [3.8, 4) is 11.1 Å². The van der Waals surface area contributed by atoms with Crippen LogP contribution in [0.3, 0.4) is 0 Å². The van der Waals surface area contributed by atoms with E-state index in [4.69, 9.17) is 5.73 Å². The molecule has 2 aromatic heterocycles. The van der Waals surface area contributed by atoms with Crippen molar-refractivity contribution in [2.24, 2.45) is 5.73 Å². The Morgan fingerprint density at radius 3 is 2.61 bits per heavy atom. The molecule has 0 aliphatic carbocycles. The second kappa shape index (κ2) is 4.23. The standard InChI is InChI=1S/C14H12FN3/c15-12-3-1-10(2-4-12)11-5-14-6-13(7-16)17-9-18(14)8-11/h1-6,8-9H,7,16H2. The number of nitrogens with zero attached hydrogens (tertiary/aromatic N) is 2. The van der Waals surface area contributed by atoms with E-state index in [0.717, 1.165) is 22.3 Å². The van der Waals surface area contributed by atoms with Crippen LogP contribution in [-0.4, -0.2) is 9.38 Å². The predicted octanol–water partition coefficient (Wildman–Crippen LogP) is 2.60. The molecule has 18 heavy (non-hydrogen) atoms. The van der Waals surface area contributed by atoms with Crippen LogP contribution in [0.5, 0.6) is 0 Å². The summed E-state index contributed by atoms with van der Waals surface area (Å²) in [7, 11) is 0. The van der Waals surface area contributed by atoms with Gasteiger partial charge < -0.3 is 10.1 Å². The smallest absolute Gasteiger partial charge is 0.123 e. The summed E-state index contributed by atoms with van der Waals surface area (Å²) in [5, 5.41) is 0. The van der Waals surface area contributed by atoms with Gasteiger partial charge in [0.1, 0.15) is 5.82 Å². The van der Waals surface area contributed by atoms with E-state index in [9.17, 15) is 4.39 Å². The molecule has 4 heteroatoms. The molecule has 0 bridgehead atoms. The molecule has 0 atom stereocenters. The number of hydrogen-bond donors (Lipinski definition) is 1. The van der Waals surface area contributed by atoms with E-state index in [1.54, 1.807) is 18.5 Å². The van der Waals surface area contributed by atoms with Crippen molar-refractivity contribution < 1.29 is 4.39 Å². The fourth-order valence-corrected chi connectivity index (χ4v) is 1.97. The molecular weight excluding hydrogens is 229 g/mol. The first-order valence-corrected chi connectivity index (χ1v) is 5.69. The van der Waals surface area contributed by atoms with Crippen LogP contribution in [0.15, 0.2) is 48.9 Å². The van der Waals surface area contributed by atoms with Gasteiger partial charge in [0.2, 0.25) is 0 Å². The molecule has 0 radical (unpaired) electrons. The Morgan fingerprint density at radius 2 is 1.89 bits per heavy atom. The van der Waals surface area contributed by atoms with Gasteiger partial charge >= 0.3 is 0 Å². The molecule has 1 aromatic carbocycles. The van der Waals surface area contributed by atoms with Gasteiger partial charge in [-0.05, 0) is 29.8 Å². The molecule has 0 amide bonds. The molecule has 0 aliphatic heterocycles. The van der Waals surface area contributed by atoms with E-state index in [1.807, 2.05) is 22.7 Å². The second-order valence-electron chi connectivity index (χ2n) is 4.15. The van der Waals surface area contributed by atoms with Crippen molar-refractivity contribution >= 4 is 5.52 Å². The first-order chi connectivity index (χ1) is 8.76. The number of halogens is 1. The highest BCUT2D eigenvalue weighted by molar-refractivity contribution is 5.70. The first kappa shape index (κ1) is 10.9. The number of nitrogens with two attached hydrogens (primary N) is 1. The maximum atomic E-state index is 12.9. The Balaban J connectivity index is 2.10. The molecule has 0 unspecified atom stereocenters. The van der Waals surface area contributed by atoms with Crippen LogP contribution in [0, 0.1) is 5.82 Å². The molecule has 2 heterocycles. The monoisotopic (exact) mass is 241 g/mol. The van der Waals surface area contributed by atoms with Gasteiger partial charge in [-0.15, -0.1) is 0 Å². The third kappa shape index (κ3) is 1.87. The van der Waals surface area contributed by atoms with E-state index in [1.165, 1.54) is 12.1 Å². The van der Waals surface area contributed by atoms with E-state index >= 15 is 0 Å². The largest absolute Gasteiger partial charge is 0.325 e. The highest BCUT2D eigenvalue weighted by Gasteiger charge is 2.03. The van der Waals surface area contributed by atoms with Gasteiger partial charge in [-0.3, -0.25) is 0 Å². The molecule has 0 spiro atoms. The van der Waals surface area contributed by atoms with Gasteiger partial charge in [0.25, 0.3) is 0 Å². The summed E-state index contributed by atoms with van der Waals surface area (Å²) >= 11 is 0. The molecule has 3 nitrogen and oxygen atoms in total. The number of aromatic nitrogens is 2. The summed E-state index contributed by atoms with van der Waals surface area (Å²) < 4.78 is 14.8. The zero-order valence-corrected chi connectivity index (χ0v) is 9.68. The Labute approximate surface area is 104 Å². The molecule has 0 fully saturated rings. The van der Waals surface area contributed by atoms with E-state index < -0.39 is 0 Å². The molecule has 2 N–H and O–H groups in total. The summed E-state index contributed by atoms with van der Waals surface area (Å²) in [5.74, 6) is -0.227. The van der Waals surface area contributed by atoms with Crippen LogP contribution in [0.2, 0.25) is 0 Å². The van der Waals surface area contributed by atoms with Crippen LogP contribution in [0.25, 0.3) is 16.6 Å². The van der Waals surface area contributed by atoms with Crippen LogP contribution in [0.1, 0.15) is 5.69 Å². The third-order valence-corrected chi connectivity index (χ3v) is 2.93. The van der Waals surface area contributed by atoms with E-state index in [0.29, 0.717) is 6.54 Å².